The molecule has 0 unspecified atom stereocenters. The maximum absolute atomic E-state index is 12.7. The van der Waals surface area contributed by atoms with Gasteiger partial charge in [0.15, 0.2) is 0 Å². The van der Waals surface area contributed by atoms with E-state index in [0.29, 0.717) is 24.0 Å². The molecule has 1 amide bonds. The van der Waals surface area contributed by atoms with Gasteiger partial charge in [-0.1, -0.05) is 19.8 Å². The maximum Gasteiger partial charge on any atom is 0.239 e. The first-order chi connectivity index (χ1) is 12.5. The summed E-state index contributed by atoms with van der Waals surface area (Å²) in [7, 11) is 0. The third kappa shape index (κ3) is 3.79. The molecule has 2 heterocycles. The van der Waals surface area contributed by atoms with Crippen molar-refractivity contribution >= 4 is 11.7 Å². The molecule has 6 heteroatoms. The first-order valence-corrected chi connectivity index (χ1v) is 9.91. The zero-order chi connectivity index (χ0) is 18.7. The van der Waals surface area contributed by atoms with E-state index in [4.69, 9.17) is 0 Å². The Hall–Kier alpha value is -1.84. The van der Waals surface area contributed by atoms with Gasteiger partial charge in [0, 0.05) is 37.9 Å². The van der Waals surface area contributed by atoms with Crippen LogP contribution in [-0.4, -0.2) is 59.5 Å². The number of hydrogen-bond donors (Lipinski definition) is 1. The molecule has 2 aliphatic rings. The van der Waals surface area contributed by atoms with Crippen molar-refractivity contribution in [2.75, 3.05) is 44.6 Å². The number of nitrogens with zero attached hydrogens (tertiary/aromatic N) is 4. The van der Waals surface area contributed by atoms with E-state index >= 15 is 0 Å². The number of carbonyl (C=O) groups excluding carboxylic acids is 1. The number of carbonyl (C=O) groups is 1. The molecule has 1 saturated carbocycles. The monoisotopic (exact) mass is 357 g/mol. The normalized spacial score (nSPS) is 19.6. The first kappa shape index (κ1) is 18.9. The van der Waals surface area contributed by atoms with Gasteiger partial charge in [0.2, 0.25) is 5.91 Å². The molecule has 3 rings (SSSR count). The smallest absolute Gasteiger partial charge is 0.239 e. The minimum Gasteiger partial charge on any atom is -0.327 e. The van der Waals surface area contributed by atoms with Crippen LogP contribution in [0.25, 0.3) is 0 Å². The third-order valence-electron chi connectivity index (χ3n) is 6.10. The Labute approximate surface area is 156 Å². The Morgan fingerprint density at radius 3 is 2.35 bits per heavy atom. The van der Waals surface area contributed by atoms with Crippen LogP contribution >= 0.6 is 0 Å². The molecule has 2 fully saturated rings. The summed E-state index contributed by atoms with van der Waals surface area (Å²) in [5.74, 6) is 0.704. The van der Waals surface area contributed by atoms with Crippen LogP contribution in [0.2, 0.25) is 0 Å². The van der Waals surface area contributed by atoms with Gasteiger partial charge in [-0.2, -0.15) is 5.26 Å². The van der Waals surface area contributed by atoms with E-state index in [-0.39, 0.29) is 5.91 Å². The third-order valence-corrected chi connectivity index (χ3v) is 6.10. The lowest BCUT2D eigenvalue weighted by Gasteiger charge is -2.33. The molecule has 1 aromatic heterocycles. The maximum atomic E-state index is 12.7. The SMILES string of the molecule is CCN1CCN(CC(=O)Nc2c(C#N)c(C)c(C)n2C2CCCC2)CC1. The largest absolute Gasteiger partial charge is 0.327 e. The van der Waals surface area contributed by atoms with Crippen molar-refractivity contribution in [3.63, 3.8) is 0 Å². The van der Waals surface area contributed by atoms with Crippen molar-refractivity contribution in [3.8, 4) is 6.07 Å². The van der Waals surface area contributed by atoms with Crippen molar-refractivity contribution < 1.29 is 4.79 Å². The van der Waals surface area contributed by atoms with Gasteiger partial charge in [0.25, 0.3) is 0 Å². The van der Waals surface area contributed by atoms with Crippen LogP contribution in [0.3, 0.4) is 0 Å². The molecule has 0 aromatic carbocycles. The topological polar surface area (TPSA) is 64.3 Å². The predicted octanol–water partition coefficient (Wildman–Crippen LogP) is 2.67. The zero-order valence-electron chi connectivity index (χ0n) is 16.3. The second-order valence-corrected chi connectivity index (χ2v) is 7.61. The summed E-state index contributed by atoms with van der Waals surface area (Å²) in [4.78, 5) is 17.3. The number of nitriles is 1. The lowest BCUT2D eigenvalue weighted by Crippen LogP contribution is -2.48. The van der Waals surface area contributed by atoms with Crippen LogP contribution in [0.5, 0.6) is 0 Å². The zero-order valence-corrected chi connectivity index (χ0v) is 16.3. The highest BCUT2D eigenvalue weighted by Gasteiger charge is 2.27. The Morgan fingerprint density at radius 1 is 1.15 bits per heavy atom. The van der Waals surface area contributed by atoms with E-state index in [9.17, 15) is 10.1 Å². The Bertz CT molecular complexity index is 688. The Kier molecular flexibility index (Phi) is 6.00. The van der Waals surface area contributed by atoms with Gasteiger partial charge in [-0.15, -0.1) is 0 Å². The number of piperazine rings is 1. The summed E-state index contributed by atoms with van der Waals surface area (Å²) in [5, 5.41) is 12.7. The second-order valence-electron chi connectivity index (χ2n) is 7.61. The van der Waals surface area contributed by atoms with E-state index in [1.54, 1.807) is 0 Å². The second kappa shape index (κ2) is 8.24. The average molecular weight is 358 g/mol. The molecule has 0 spiro atoms. The Morgan fingerprint density at radius 2 is 1.77 bits per heavy atom. The summed E-state index contributed by atoms with van der Waals surface area (Å²) in [5.41, 5.74) is 2.73. The number of rotatable bonds is 5. The van der Waals surface area contributed by atoms with Gasteiger partial charge in [-0.3, -0.25) is 9.69 Å². The molecule has 26 heavy (non-hydrogen) atoms. The molecule has 6 nitrogen and oxygen atoms in total. The van der Waals surface area contributed by atoms with Gasteiger partial charge < -0.3 is 14.8 Å². The van der Waals surface area contributed by atoms with Crippen molar-refractivity contribution in [2.45, 2.75) is 52.5 Å². The fourth-order valence-corrected chi connectivity index (χ4v) is 4.34. The van der Waals surface area contributed by atoms with Crippen LogP contribution in [0, 0.1) is 25.2 Å². The molecule has 1 aliphatic heterocycles. The van der Waals surface area contributed by atoms with Gasteiger partial charge in [-0.25, -0.2) is 0 Å². The van der Waals surface area contributed by atoms with Gasteiger partial charge in [-0.05, 0) is 38.8 Å². The van der Waals surface area contributed by atoms with Crippen molar-refractivity contribution in [3.05, 3.63) is 16.8 Å². The lowest BCUT2D eigenvalue weighted by molar-refractivity contribution is -0.117. The first-order valence-electron chi connectivity index (χ1n) is 9.91. The van der Waals surface area contributed by atoms with E-state index in [1.165, 1.54) is 12.8 Å². The molecule has 0 radical (unpaired) electrons. The van der Waals surface area contributed by atoms with Crippen LogP contribution in [-0.2, 0) is 4.79 Å². The van der Waals surface area contributed by atoms with Crippen molar-refractivity contribution in [1.29, 1.82) is 5.26 Å². The highest BCUT2D eigenvalue weighted by Crippen LogP contribution is 2.37. The number of aromatic nitrogens is 1. The summed E-state index contributed by atoms with van der Waals surface area (Å²) >= 11 is 0. The molecule has 0 bridgehead atoms. The Balaban J connectivity index is 1.73. The molecule has 142 valence electrons. The molecule has 1 aliphatic carbocycles. The summed E-state index contributed by atoms with van der Waals surface area (Å²) in [6.45, 7) is 11.6. The lowest BCUT2D eigenvalue weighted by atomic mass is 10.2. The van der Waals surface area contributed by atoms with E-state index in [0.717, 1.165) is 56.8 Å². The van der Waals surface area contributed by atoms with Gasteiger partial charge in [0.05, 0.1) is 12.1 Å². The van der Waals surface area contributed by atoms with Crippen LogP contribution in [0.4, 0.5) is 5.82 Å². The molecular weight excluding hydrogens is 326 g/mol. The molecular formula is C20H31N5O. The number of hydrogen-bond acceptors (Lipinski definition) is 4. The fourth-order valence-electron chi connectivity index (χ4n) is 4.34. The predicted molar refractivity (Wildman–Crippen MR) is 103 cm³/mol. The summed E-state index contributed by atoms with van der Waals surface area (Å²) < 4.78 is 2.22. The highest BCUT2D eigenvalue weighted by atomic mass is 16.2. The van der Waals surface area contributed by atoms with Gasteiger partial charge in [0.1, 0.15) is 11.9 Å². The van der Waals surface area contributed by atoms with Crippen LogP contribution < -0.4 is 5.32 Å². The number of amides is 1. The number of likely N-dealkylation sites (N-methyl/N-ethyl adjacent to an activating group) is 1. The minimum absolute atomic E-state index is 0.0109. The quantitative estimate of drug-likeness (QED) is 0.880. The minimum atomic E-state index is -0.0109. The standard InChI is InChI=1S/C20H31N5O/c1-4-23-9-11-24(12-10-23)14-19(26)22-20-18(13-21)15(2)16(3)25(20)17-7-5-6-8-17/h17H,4-12,14H2,1-3H3,(H,22,26). The molecule has 1 N–H and O–H groups in total. The molecule has 1 aromatic rings. The summed E-state index contributed by atoms with van der Waals surface area (Å²) in [6, 6.07) is 2.72. The number of nitrogens with one attached hydrogen (secondary N) is 1. The van der Waals surface area contributed by atoms with E-state index < -0.39 is 0 Å². The average Bonchev–Trinajstić information content (AvgIpc) is 3.23. The van der Waals surface area contributed by atoms with Crippen molar-refractivity contribution in [2.24, 2.45) is 0 Å². The van der Waals surface area contributed by atoms with Crippen LogP contribution in [0.15, 0.2) is 0 Å². The number of anilines is 1. The van der Waals surface area contributed by atoms with Crippen LogP contribution in [0.1, 0.15) is 55.5 Å². The highest BCUT2D eigenvalue weighted by molar-refractivity contribution is 5.93. The van der Waals surface area contributed by atoms with Crippen molar-refractivity contribution in [1.82, 2.24) is 14.4 Å². The summed E-state index contributed by atoms with van der Waals surface area (Å²) in [6.07, 6.45) is 4.69. The van der Waals surface area contributed by atoms with E-state index in [2.05, 4.69) is 39.6 Å². The molecule has 0 atom stereocenters. The molecule has 1 saturated heterocycles. The van der Waals surface area contributed by atoms with Gasteiger partial charge >= 0.3 is 0 Å². The fraction of sp³-hybridized carbons (Fsp3) is 0.700. The van der Waals surface area contributed by atoms with E-state index in [1.807, 2.05) is 6.92 Å².